The van der Waals surface area contributed by atoms with E-state index in [9.17, 15) is 19.8 Å². The van der Waals surface area contributed by atoms with Gasteiger partial charge in [-0.15, -0.1) is 0 Å². The van der Waals surface area contributed by atoms with E-state index in [1.807, 2.05) is 0 Å². The van der Waals surface area contributed by atoms with Crippen molar-refractivity contribution in [3.63, 3.8) is 0 Å². The summed E-state index contributed by atoms with van der Waals surface area (Å²) < 4.78 is 5.46. The Hall–Kier alpha value is -1.14. The predicted octanol–water partition coefficient (Wildman–Crippen LogP) is 19.5. The van der Waals surface area contributed by atoms with Crippen molar-refractivity contribution in [3.05, 3.63) is 0 Å². The Morgan fingerprint density at radius 2 is 0.603 bits per heavy atom. The number of esters is 1. The number of amides is 1. The monoisotopic (exact) mass is 962 g/mol. The molecule has 0 aliphatic carbocycles. The second kappa shape index (κ2) is 58.4. The van der Waals surface area contributed by atoms with Crippen molar-refractivity contribution in [1.82, 2.24) is 5.32 Å². The first-order chi connectivity index (χ1) is 33.5. The molecule has 0 saturated carbocycles. The SMILES string of the molecule is CCCCCCCCCCCCCCCCCCCCCCCCC(O)C(CO)NC(=O)CCCCCCCCCCCCCCCCCCCCOC(=O)CCCCCCCCCCCCC. The van der Waals surface area contributed by atoms with Crippen molar-refractivity contribution in [2.24, 2.45) is 0 Å². The molecule has 2 unspecified atom stereocenters. The fraction of sp³-hybridized carbons (Fsp3) is 0.968. The van der Waals surface area contributed by atoms with E-state index in [2.05, 4.69) is 19.2 Å². The van der Waals surface area contributed by atoms with Crippen LogP contribution < -0.4 is 5.32 Å². The summed E-state index contributed by atoms with van der Waals surface area (Å²) in [7, 11) is 0. The fourth-order valence-electron chi connectivity index (χ4n) is 10.1. The van der Waals surface area contributed by atoms with Gasteiger partial charge in [0, 0.05) is 12.8 Å². The number of ether oxygens (including phenoxy) is 1. The fourth-order valence-corrected chi connectivity index (χ4v) is 10.1. The molecule has 3 N–H and O–H groups in total. The highest BCUT2D eigenvalue weighted by Crippen LogP contribution is 2.19. The Morgan fingerprint density at radius 3 is 0.897 bits per heavy atom. The lowest BCUT2D eigenvalue weighted by Crippen LogP contribution is -2.45. The quantitative estimate of drug-likeness (QED) is 0.0417. The first-order valence-corrected chi connectivity index (χ1v) is 31.3. The number of rotatable bonds is 59. The smallest absolute Gasteiger partial charge is 0.305 e. The molecular formula is C62H123NO5. The average Bonchev–Trinajstić information content (AvgIpc) is 3.34. The summed E-state index contributed by atoms with van der Waals surface area (Å²) in [6.07, 6.45) is 68.2. The normalized spacial score (nSPS) is 12.5. The third-order valence-corrected chi connectivity index (χ3v) is 14.9. The van der Waals surface area contributed by atoms with Gasteiger partial charge in [0.15, 0.2) is 0 Å². The number of aliphatic hydroxyl groups is 2. The first-order valence-electron chi connectivity index (χ1n) is 31.3. The maximum Gasteiger partial charge on any atom is 0.305 e. The van der Waals surface area contributed by atoms with E-state index < -0.39 is 12.1 Å². The summed E-state index contributed by atoms with van der Waals surface area (Å²) in [5, 5.41) is 23.4. The second-order valence-corrected chi connectivity index (χ2v) is 21.8. The van der Waals surface area contributed by atoms with Gasteiger partial charge < -0.3 is 20.3 Å². The van der Waals surface area contributed by atoms with Gasteiger partial charge in [-0.05, 0) is 25.7 Å². The minimum atomic E-state index is -0.667. The van der Waals surface area contributed by atoms with Gasteiger partial charge >= 0.3 is 5.97 Å². The molecule has 0 heterocycles. The molecule has 0 rings (SSSR count). The highest BCUT2D eigenvalue weighted by atomic mass is 16.5. The molecular weight excluding hydrogens is 839 g/mol. The van der Waals surface area contributed by atoms with Crippen LogP contribution in [0.2, 0.25) is 0 Å². The van der Waals surface area contributed by atoms with Gasteiger partial charge in [-0.3, -0.25) is 9.59 Å². The molecule has 6 heteroatoms. The lowest BCUT2D eigenvalue weighted by molar-refractivity contribution is -0.143. The molecule has 2 atom stereocenters. The van der Waals surface area contributed by atoms with Crippen molar-refractivity contribution < 1.29 is 24.5 Å². The molecule has 0 aromatic carbocycles. The van der Waals surface area contributed by atoms with E-state index in [4.69, 9.17) is 4.74 Å². The molecule has 0 radical (unpaired) electrons. The molecule has 0 bridgehead atoms. The molecule has 0 saturated heterocycles. The lowest BCUT2D eigenvalue weighted by Gasteiger charge is -2.22. The van der Waals surface area contributed by atoms with Crippen LogP contribution >= 0.6 is 0 Å². The van der Waals surface area contributed by atoms with Gasteiger partial charge in [-0.2, -0.15) is 0 Å². The highest BCUT2D eigenvalue weighted by Gasteiger charge is 2.20. The van der Waals surface area contributed by atoms with Gasteiger partial charge in [0.25, 0.3) is 0 Å². The van der Waals surface area contributed by atoms with Crippen LogP contribution in [0, 0.1) is 0 Å². The van der Waals surface area contributed by atoms with Gasteiger partial charge in [-0.1, -0.05) is 322 Å². The number of hydrogen-bond acceptors (Lipinski definition) is 5. The standard InChI is InChI=1S/C62H123NO5/c1-3-5-7-9-11-13-15-16-17-18-19-20-21-22-25-28-31-35-38-42-46-50-54-60(65)59(58-64)63-61(66)55-51-47-43-39-36-32-29-26-23-24-27-30-33-37-41-45-49-53-57-68-62(67)56-52-48-44-40-34-14-12-10-8-6-4-2/h59-60,64-65H,3-58H2,1-2H3,(H,63,66). The van der Waals surface area contributed by atoms with E-state index in [1.165, 1.54) is 289 Å². The van der Waals surface area contributed by atoms with Crippen molar-refractivity contribution >= 4 is 11.9 Å². The van der Waals surface area contributed by atoms with Crippen LogP contribution in [0.1, 0.15) is 361 Å². The second-order valence-electron chi connectivity index (χ2n) is 21.8. The topological polar surface area (TPSA) is 95.9 Å². The maximum atomic E-state index is 12.5. The molecule has 0 aromatic heterocycles. The highest BCUT2D eigenvalue weighted by molar-refractivity contribution is 5.76. The van der Waals surface area contributed by atoms with Crippen LogP contribution in [0.15, 0.2) is 0 Å². The molecule has 406 valence electrons. The summed E-state index contributed by atoms with van der Waals surface area (Å²) >= 11 is 0. The summed E-state index contributed by atoms with van der Waals surface area (Å²) in [5.41, 5.74) is 0. The minimum Gasteiger partial charge on any atom is -0.466 e. The van der Waals surface area contributed by atoms with Crippen LogP contribution in [0.25, 0.3) is 0 Å². The third-order valence-electron chi connectivity index (χ3n) is 14.9. The van der Waals surface area contributed by atoms with E-state index in [1.54, 1.807) is 0 Å². The van der Waals surface area contributed by atoms with Crippen molar-refractivity contribution in [2.45, 2.75) is 373 Å². The number of unbranched alkanes of at least 4 members (excludes halogenated alkanes) is 48. The zero-order valence-electron chi connectivity index (χ0n) is 46.4. The van der Waals surface area contributed by atoms with E-state index in [-0.39, 0.29) is 18.5 Å². The molecule has 0 spiro atoms. The summed E-state index contributed by atoms with van der Waals surface area (Å²) in [4.78, 5) is 24.5. The molecule has 0 aromatic rings. The maximum absolute atomic E-state index is 12.5. The Bertz CT molecular complexity index is 975. The number of nitrogens with one attached hydrogen (secondary N) is 1. The Kier molecular flexibility index (Phi) is 57.5. The van der Waals surface area contributed by atoms with E-state index in [0.29, 0.717) is 25.9 Å². The Balaban J connectivity index is 3.40. The number of hydrogen-bond donors (Lipinski definition) is 3. The molecule has 0 aliphatic heterocycles. The molecule has 1 amide bonds. The van der Waals surface area contributed by atoms with Crippen molar-refractivity contribution in [1.29, 1.82) is 0 Å². The van der Waals surface area contributed by atoms with E-state index >= 15 is 0 Å². The first kappa shape index (κ1) is 66.9. The van der Waals surface area contributed by atoms with Crippen LogP contribution in [-0.2, 0) is 14.3 Å². The van der Waals surface area contributed by atoms with E-state index in [0.717, 1.165) is 38.5 Å². The van der Waals surface area contributed by atoms with Crippen LogP contribution in [0.4, 0.5) is 0 Å². The molecule has 6 nitrogen and oxygen atoms in total. The lowest BCUT2D eigenvalue weighted by atomic mass is 10.0. The minimum absolute atomic E-state index is 0.00833. The third kappa shape index (κ3) is 54.2. The number of aliphatic hydroxyl groups excluding tert-OH is 2. The average molecular weight is 963 g/mol. The van der Waals surface area contributed by atoms with Gasteiger partial charge in [0.05, 0.1) is 25.4 Å². The van der Waals surface area contributed by atoms with Gasteiger partial charge in [0.2, 0.25) is 5.91 Å². The summed E-state index contributed by atoms with van der Waals surface area (Å²) in [5.74, 6) is -0.0258. The van der Waals surface area contributed by atoms with Crippen LogP contribution in [-0.4, -0.2) is 47.4 Å². The summed E-state index contributed by atoms with van der Waals surface area (Å²) in [6.45, 7) is 4.98. The summed E-state index contributed by atoms with van der Waals surface area (Å²) in [6, 6.07) is -0.544. The predicted molar refractivity (Wildman–Crippen MR) is 297 cm³/mol. The Labute approximate surface area is 426 Å². The van der Waals surface area contributed by atoms with Gasteiger partial charge in [0.1, 0.15) is 0 Å². The molecule has 0 aliphatic rings. The van der Waals surface area contributed by atoms with Crippen molar-refractivity contribution in [3.8, 4) is 0 Å². The van der Waals surface area contributed by atoms with Crippen LogP contribution in [0.5, 0.6) is 0 Å². The Morgan fingerprint density at radius 1 is 0.353 bits per heavy atom. The van der Waals surface area contributed by atoms with Crippen LogP contribution in [0.3, 0.4) is 0 Å². The molecule has 68 heavy (non-hydrogen) atoms. The zero-order valence-corrected chi connectivity index (χ0v) is 46.4. The number of carbonyl (C=O) groups excluding carboxylic acids is 2. The number of carbonyl (C=O) groups is 2. The largest absolute Gasteiger partial charge is 0.466 e. The van der Waals surface area contributed by atoms with Gasteiger partial charge in [-0.25, -0.2) is 0 Å². The molecule has 0 fully saturated rings. The van der Waals surface area contributed by atoms with Crippen molar-refractivity contribution in [2.75, 3.05) is 13.2 Å². The zero-order chi connectivity index (χ0) is 49.3.